The zero-order valence-electron chi connectivity index (χ0n) is 9.87. The Balaban J connectivity index is 1.84. The molecule has 1 radical (unpaired) electrons. The van der Waals surface area contributed by atoms with Crippen molar-refractivity contribution in [1.82, 2.24) is 0 Å². The molecular weight excluding hydrogens is 224 g/mol. The third-order valence-corrected chi connectivity index (χ3v) is 2.38. The fourth-order valence-electron chi connectivity index (χ4n) is 1.45. The number of ether oxygens (including phenoxy) is 1. The van der Waals surface area contributed by atoms with Gasteiger partial charge in [-0.2, -0.15) is 0 Å². The Hall–Kier alpha value is -2.35. The highest BCUT2D eigenvalue weighted by molar-refractivity contribution is 5.86. The van der Waals surface area contributed by atoms with E-state index in [1.54, 1.807) is 18.2 Å². The molecule has 0 fully saturated rings. The first-order chi connectivity index (χ1) is 8.84. The molecule has 18 heavy (non-hydrogen) atoms. The molecule has 0 saturated heterocycles. The van der Waals surface area contributed by atoms with Crippen molar-refractivity contribution in [1.29, 1.82) is 0 Å². The minimum Gasteiger partial charge on any atom is -0.458 e. The molecule has 0 heterocycles. The summed E-state index contributed by atoms with van der Waals surface area (Å²) in [6.07, 6.45) is 3.15. The first kappa shape index (κ1) is 12.1. The molecule has 0 atom stereocenters. The molecule has 0 aliphatic rings. The van der Waals surface area contributed by atoms with Gasteiger partial charge in [0.2, 0.25) is 0 Å². The molecule has 2 aromatic rings. The summed E-state index contributed by atoms with van der Waals surface area (Å²) in [6, 6.07) is 19.9. The highest BCUT2D eigenvalue weighted by atomic mass is 16.5. The fourth-order valence-corrected chi connectivity index (χ4v) is 1.45. The van der Waals surface area contributed by atoms with E-state index in [4.69, 9.17) is 4.74 Å². The largest absolute Gasteiger partial charge is 0.458 e. The van der Waals surface area contributed by atoms with Gasteiger partial charge in [0.05, 0.1) is 0 Å². The third kappa shape index (κ3) is 3.91. The van der Waals surface area contributed by atoms with Crippen molar-refractivity contribution >= 4 is 12.0 Å². The van der Waals surface area contributed by atoms with Gasteiger partial charge in [-0.25, -0.2) is 4.79 Å². The van der Waals surface area contributed by atoms with E-state index in [0.29, 0.717) is 6.61 Å². The smallest absolute Gasteiger partial charge is 0.331 e. The van der Waals surface area contributed by atoms with Crippen LogP contribution in [0.2, 0.25) is 0 Å². The Morgan fingerprint density at radius 3 is 2.56 bits per heavy atom. The van der Waals surface area contributed by atoms with Crippen molar-refractivity contribution in [3.8, 4) is 0 Å². The van der Waals surface area contributed by atoms with E-state index in [1.807, 2.05) is 42.5 Å². The van der Waals surface area contributed by atoms with Crippen molar-refractivity contribution in [2.24, 2.45) is 0 Å². The lowest BCUT2D eigenvalue weighted by atomic mass is 10.2. The van der Waals surface area contributed by atoms with Crippen LogP contribution in [0, 0.1) is 6.07 Å². The van der Waals surface area contributed by atoms with Gasteiger partial charge in [-0.3, -0.25) is 0 Å². The lowest BCUT2D eigenvalue weighted by Crippen LogP contribution is -2.00. The second-order valence-corrected chi connectivity index (χ2v) is 3.76. The summed E-state index contributed by atoms with van der Waals surface area (Å²) in [6.45, 7) is 0.298. The van der Waals surface area contributed by atoms with Gasteiger partial charge in [0, 0.05) is 6.08 Å². The maximum absolute atomic E-state index is 11.5. The van der Waals surface area contributed by atoms with E-state index in [1.165, 1.54) is 6.08 Å². The van der Waals surface area contributed by atoms with Gasteiger partial charge in [0.25, 0.3) is 0 Å². The van der Waals surface area contributed by atoms with Crippen LogP contribution in [0.3, 0.4) is 0 Å². The van der Waals surface area contributed by atoms with Crippen LogP contribution >= 0.6 is 0 Å². The van der Waals surface area contributed by atoms with Gasteiger partial charge in [-0.15, -0.1) is 0 Å². The minimum absolute atomic E-state index is 0.298. The summed E-state index contributed by atoms with van der Waals surface area (Å²) in [5, 5.41) is 0. The molecule has 0 aliphatic carbocycles. The van der Waals surface area contributed by atoms with Crippen molar-refractivity contribution in [3.63, 3.8) is 0 Å². The second kappa shape index (κ2) is 6.40. The maximum Gasteiger partial charge on any atom is 0.331 e. The van der Waals surface area contributed by atoms with Crippen LogP contribution in [-0.4, -0.2) is 5.97 Å². The number of benzene rings is 2. The van der Waals surface area contributed by atoms with Gasteiger partial charge in [0.15, 0.2) is 0 Å². The summed E-state index contributed by atoms with van der Waals surface area (Å²) >= 11 is 0. The first-order valence-corrected chi connectivity index (χ1v) is 5.69. The van der Waals surface area contributed by atoms with E-state index in [9.17, 15) is 4.79 Å². The zero-order valence-corrected chi connectivity index (χ0v) is 9.87. The first-order valence-electron chi connectivity index (χ1n) is 5.69. The average molecular weight is 237 g/mol. The monoisotopic (exact) mass is 237 g/mol. The topological polar surface area (TPSA) is 26.3 Å². The quantitative estimate of drug-likeness (QED) is 0.602. The molecule has 2 aromatic carbocycles. The molecule has 0 N–H and O–H groups in total. The summed E-state index contributed by atoms with van der Waals surface area (Å²) in [4.78, 5) is 11.5. The maximum atomic E-state index is 11.5. The van der Waals surface area contributed by atoms with E-state index >= 15 is 0 Å². The molecule has 2 rings (SSSR count). The molecule has 0 spiro atoms. The predicted octanol–water partition coefficient (Wildman–Crippen LogP) is 3.24. The van der Waals surface area contributed by atoms with E-state index in [0.717, 1.165) is 11.1 Å². The van der Waals surface area contributed by atoms with Crippen LogP contribution in [0.1, 0.15) is 11.1 Å². The van der Waals surface area contributed by atoms with Crippen molar-refractivity contribution in [2.45, 2.75) is 6.61 Å². The van der Waals surface area contributed by atoms with Gasteiger partial charge in [0.1, 0.15) is 6.61 Å². The van der Waals surface area contributed by atoms with Gasteiger partial charge < -0.3 is 4.74 Å². The number of esters is 1. The van der Waals surface area contributed by atoms with Gasteiger partial charge in [-0.05, 0) is 23.3 Å². The van der Waals surface area contributed by atoms with Gasteiger partial charge in [-0.1, -0.05) is 54.6 Å². The normalized spacial score (nSPS) is 10.4. The molecule has 0 saturated carbocycles. The molecule has 2 nitrogen and oxygen atoms in total. The summed E-state index contributed by atoms with van der Waals surface area (Å²) in [5.74, 6) is -0.341. The lowest BCUT2D eigenvalue weighted by molar-refractivity contribution is -0.138. The molecule has 0 unspecified atom stereocenters. The Morgan fingerprint density at radius 2 is 1.83 bits per heavy atom. The third-order valence-electron chi connectivity index (χ3n) is 2.38. The molecule has 0 amide bonds. The highest BCUT2D eigenvalue weighted by Crippen LogP contribution is 2.03. The zero-order chi connectivity index (χ0) is 12.6. The van der Waals surface area contributed by atoms with E-state index < -0.39 is 0 Å². The van der Waals surface area contributed by atoms with Crippen LogP contribution < -0.4 is 0 Å². The summed E-state index contributed by atoms with van der Waals surface area (Å²) < 4.78 is 5.12. The number of carbonyl (C=O) groups excluding carboxylic acids is 1. The number of carbonyl (C=O) groups is 1. The molecule has 0 bridgehead atoms. The Bertz CT molecular complexity index is 515. The minimum atomic E-state index is -0.341. The SMILES string of the molecule is O=C(/C=C/c1cc[c]cc1)OCc1ccccc1. The van der Waals surface area contributed by atoms with Crippen LogP contribution in [0.4, 0.5) is 0 Å². The summed E-state index contributed by atoms with van der Waals surface area (Å²) in [5.41, 5.74) is 1.93. The number of hydrogen-bond donors (Lipinski definition) is 0. The van der Waals surface area contributed by atoms with Crippen LogP contribution in [0.5, 0.6) is 0 Å². The molecule has 0 aliphatic heterocycles. The van der Waals surface area contributed by atoms with Crippen LogP contribution in [0.25, 0.3) is 6.08 Å². The Kier molecular flexibility index (Phi) is 4.31. The molecule has 89 valence electrons. The van der Waals surface area contributed by atoms with E-state index in [-0.39, 0.29) is 5.97 Å². The summed E-state index contributed by atoms with van der Waals surface area (Å²) in [7, 11) is 0. The number of rotatable bonds is 4. The van der Waals surface area contributed by atoms with Crippen LogP contribution in [-0.2, 0) is 16.1 Å². The highest BCUT2D eigenvalue weighted by Gasteiger charge is 1.97. The number of hydrogen-bond acceptors (Lipinski definition) is 2. The van der Waals surface area contributed by atoms with Gasteiger partial charge >= 0.3 is 5.97 Å². The second-order valence-electron chi connectivity index (χ2n) is 3.76. The molecular formula is C16H13O2. The van der Waals surface area contributed by atoms with E-state index in [2.05, 4.69) is 6.07 Å². The standard InChI is InChI=1S/C16H13O2/c17-16(12-11-14-7-3-1-4-8-14)18-13-15-9-5-2-6-10-15/h2-12H,13H2/b12-11+. The van der Waals surface area contributed by atoms with Crippen molar-refractivity contribution in [3.05, 3.63) is 77.9 Å². The lowest BCUT2D eigenvalue weighted by Gasteiger charge is -2.01. The average Bonchev–Trinajstić information content (AvgIpc) is 2.45. The Labute approximate surface area is 107 Å². The van der Waals surface area contributed by atoms with Crippen molar-refractivity contribution in [2.75, 3.05) is 0 Å². The molecule has 2 heteroatoms. The van der Waals surface area contributed by atoms with Crippen molar-refractivity contribution < 1.29 is 9.53 Å². The van der Waals surface area contributed by atoms with Crippen LogP contribution in [0.15, 0.2) is 60.7 Å². The predicted molar refractivity (Wildman–Crippen MR) is 70.6 cm³/mol. The molecule has 0 aromatic heterocycles. The Morgan fingerprint density at radius 1 is 1.11 bits per heavy atom. The fraction of sp³-hybridized carbons (Fsp3) is 0.0625.